The van der Waals surface area contributed by atoms with Crippen LogP contribution in [0.25, 0.3) is 0 Å². The van der Waals surface area contributed by atoms with Crippen molar-refractivity contribution in [3.05, 3.63) is 22.7 Å². The molecule has 5 N–H and O–H groups in total. The topological polar surface area (TPSA) is 81.1 Å². The normalized spacial score (nSPS) is 12.5. The number of carbonyl (C=O) groups is 1. The largest absolute Gasteiger partial charge is 0.398 e. The molecule has 0 fully saturated rings. The van der Waals surface area contributed by atoms with Gasteiger partial charge in [-0.15, -0.1) is 11.8 Å². The quantitative estimate of drug-likeness (QED) is 0.261. The van der Waals surface area contributed by atoms with Crippen molar-refractivity contribution in [1.29, 1.82) is 0 Å². The molecule has 1 rings (SSSR count). The zero-order chi connectivity index (χ0) is 13.0. The van der Waals surface area contributed by atoms with Crippen LogP contribution in [0.3, 0.4) is 0 Å². The summed E-state index contributed by atoms with van der Waals surface area (Å²) >= 11 is 4.77. The Hall–Kier alpha value is -0.720. The Labute approximate surface area is 114 Å². The second kappa shape index (κ2) is 6.28. The molecule has 0 radical (unpaired) electrons. The van der Waals surface area contributed by atoms with E-state index in [9.17, 15) is 4.79 Å². The van der Waals surface area contributed by atoms with E-state index >= 15 is 0 Å². The van der Waals surface area contributed by atoms with Crippen molar-refractivity contribution in [3.63, 3.8) is 0 Å². The van der Waals surface area contributed by atoms with E-state index in [0.717, 1.165) is 9.37 Å². The van der Waals surface area contributed by atoms with Gasteiger partial charge in [-0.05, 0) is 24.1 Å². The summed E-state index contributed by atoms with van der Waals surface area (Å²) in [6.45, 7) is 3.95. The van der Waals surface area contributed by atoms with Crippen molar-refractivity contribution in [3.8, 4) is 0 Å². The summed E-state index contributed by atoms with van der Waals surface area (Å²) in [5.74, 6) is 5.16. The third-order valence-corrected chi connectivity index (χ3v) is 4.36. The zero-order valence-corrected chi connectivity index (χ0v) is 12.1. The Morgan fingerprint density at radius 3 is 2.59 bits per heavy atom. The van der Waals surface area contributed by atoms with Crippen molar-refractivity contribution >= 4 is 39.3 Å². The first-order chi connectivity index (χ1) is 7.95. The molecule has 0 heterocycles. The van der Waals surface area contributed by atoms with E-state index in [-0.39, 0.29) is 17.1 Å². The average molecular weight is 318 g/mol. The zero-order valence-electron chi connectivity index (χ0n) is 9.74. The molecule has 0 saturated heterocycles. The fourth-order valence-corrected chi connectivity index (χ4v) is 2.78. The molecule has 0 bridgehead atoms. The highest BCUT2D eigenvalue weighted by Gasteiger charge is 2.23. The van der Waals surface area contributed by atoms with Crippen molar-refractivity contribution < 1.29 is 4.79 Å². The number of nitrogen functional groups attached to an aromatic ring is 1. The standard InChI is InChI=1S/C11H16BrN3OS/c1-6(2)10(11(16)15-14)17-9-4-3-7(12)5-8(9)13/h3-6,10H,13-14H2,1-2H3,(H,15,16). The summed E-state index contributed by atoms with van der Waals surface area (Å²) in [7, 11) is 0. The molecule has 1 amide bonds. The molecule has 6 heteroatoms. The van der Waals surface area contributed by atoms with Crippen molar-refractivity contribution in [2.45, 2.75) is 24.0 Å². The van der Waals surface area contributed by atoms with Gasteiger partial charge in [-0.3, -0.25) is 10.2 Å². The van der Waals surface area contributed by atoms with Gasteiger partial charge in [0, 0.05) is 15.1 Å². The molecule has 0 saturated carbocycles. The second-order valence-corrected chi connectivity index (χ2v) is 6.07. The maximum absolute atomic E-state index is 11.6. The van der Waals surface area contributed by atoms with E-state index in [1.165, 1.54) is 11.8 Å². The number of benzene rings is 1. The lowest BCUT2D eigenvalue weighted by Crippen LogP contribution is -2.39. The number of thioether (sulfide) groups is 1. The smallest absolute Gasteiger partial charge is 0.247 e. The van der Waals surface area contributed by atoms with Gasteiger partial charge in [-0.25, -0.2) is 5.84 Å². The van der Waals surface area contributed by atoms with Crippen LogP contribution in [0.4, 0.5) is 5.69 Å². The summed E-state index contributed by atoms with van der Waals surface area (Å²) in [5.41, 5.74) is 8.74. The number of halogens is 1. The van der Waals surface area contributed by atoms with Gasteiger partial charge >= 0.3 is 0 Å². The molecule has 0 aliphatic rings. The van der Waals surface area contributed by atoms with Gasteiger partial charge in [0.2, 0.25) is 5.91 Å². The number of nitrogens with two attached hydrogens (primary N) is 2. The second-order valence-electron chi connectivity index (χ2n) is 3.97. The third-order valence-electron chi connectivity index (χ3n) is 2.23. The SMILES string of the molecule is CC(C)C(Sc1ccc(Br)cc1N)C(=O)NN. The van der Waals surface area contributed by atoms with E-state index in [0.29, 0.717) is 5.69 Å². The minimum absolute atomic E-state index is 0.173. The van der Waals surface area contributed by atoms with Crippen molar-refractivity contribution in [2.75, 3.05) is 5.73 Å². The van der Waals surface area contributed by atoms with Gasteiger partial charge in [-0.2, -0.15) is 0 Å². The lowest BCUT2D eigenvalue weighted by Gasteiger charge is -2.19. The highest BCUT2D eigenvalue weighted by Crippen LogP contribution is 2.33. The molecular weight excluding hydrogens is 302 g/mol. The van der Waals surface area contributed by atoms with E-state index in [2.05, 4.69) is 21.4 Å². The van der Waals surface area contributed by atoms with Gasteiger partial charge in [-0.1, -0.05) is 29.8 Å². The Morgan fingerprint density at radius 1 is 1.47 bits per heavy atom. The van der Waals surface area contributed by atoms with E-state index < -0.39 is 0 Å². The summed E-state index contributed by atoms with van der Waals surface area (Å²) in [4.78, 5) is 12.5. The van der Waals surface area contributed by atoms with Crippen LogP contribution in [0.15, 0.2) is 27.6 Å². The number of amides is 1. The van der Waals surface area contributed by atoms with Gasteiger partial charge in [0.1, 0.15) is 0 Å². The number of anilines is 1. The summed E-state index contributed by atoms with van der Waals surface area (Å²) in [5, 5.41) is -0.247. The molecule has 1 aromatic rings. The molecule has 1 aromatic carbocycles. The van der Waals surface area contributed by atoms with Gasteiger partial charge in [0.15, 0.2) is 0 Å². The van der Waals surface area contributed by atoms with Crippen LogP contribution in [0.5, 0.6) is 0 Å². The van der Waals surface area contributed by atoms with Crippen LogP contribution in [0.1, 0.15) is 13.8 Å². The lowest BCUT2D eigenvalue weighted by atomic mass is 10.1. The fraction of sp³-hybridized carbons (Fsp3) is 0.364. The molecular formula is C11H16BrN3OS. The van der Waals surface area contributed by atoms with Crippen molar-refractivity contribution in [2.24, 2.45) is 11.8 Å². The van der Waals surface area contributed by atoms with E-state index in [1.807, 2.05) is 32.0 Å². The minimum atomic E-state index is -0.247. The highest BCUT2D eigenvalue weighted by molar-refractivity contribution is 9.10. The minimum Gasteiger partial charge on any atom is -0.398 e. The van der Waals surface area contributed by atoms with Crippen LogP contribution in [0, 0.1) is 5.92 Å². The molecule has 0 spiro atoms. The Morgan fingerprint density at radius 2 is 2.12 bits per heavy atom. The van der Waals surface area contributed by atoms with Crippen LogP contribution >= 0.6 is 27.7 Å². The van der Waals surface area contributed by atoms with Crippen LogP contribution in [-0.4, -0.2) is 11.2 Å². The monoisotopic (exact) mass is 317 g/mol. The number of hydrazine groups is 1. The Kier molecular flexibility index (Phi) is 5.30. The summed E-state index contributed by atoms with van der Waals surface area (Å²) < 4.78 is 0.920. The number of hydrogen-bond donors (Lipinski definition) is 3. The molecule has 0 aromatic heterocycles. The lowest BCUT2D eigenvalue weighted by molar-refractivity contribution is -0.121. The number of nitrogens with one attached hydrogen (secondary N) is 1. The first-order valence-electron chi connectivity index (χ1n) is 5.18. The van der Waals surface area contributed by atoms with Crippen LogP contribution in [-0.2, 0) is 4.79 Å². The van der Waals surface area contributed by atoms with Gasteiger partial charge in [0.25, 0.3) is 0 Å². The Balaban J connectivity index is 2.90. The average Bonchev–Trinajstić information content (AvgIpc) is 2.26. The van der Waals surface area contributed by atoms with Crippen LogP contribution in [0.2, 0.25) is 0 Å². The Bertz CT molecular complexity index is 412. The summed E-state index contributed by atoms with van der Waals surface area (Å²) in [6.07, 6.45) is 0. The van der Waals surface area contributed by atoms with E-state index in [4.69, 9.17) is 11.6 Å². The third kappa shape index (κ3) is 3.90. The maximum Gasteiger partial charge on any atom is 0.247 e. The molecule has 0 aliphatic heterocycles. The maximum atomic E-state index is 11.6. The molecule has 0 aliphatic carbocycles. The van der Waals surface area contributed by atoms with Gasteiger partial charge < -0.3 is 5.73 Å². The highest BCUT2D eigenvalue weighted by atomic mass is 79.9. The van der Waals surface area contributed by atoms with Crippen LogP contribution < -0.4 is 17.0 Å². The first kappa shape index (κ1) is 14.3. The molecule has 1 unspecified atom stereocenters. The number of hydrogen-bond acceptors (Lipinski definition) is 4. The van der Waals surface area contributed by atoms with E-state index in [1.54, 1.807) is 0 Å². The predicted octanol–water partition coefficient (Wildman–Crippen LogP) is 2.14. The first-order valence-corrected chi connectivity index (χ1v) is 6.85. The fourth-order valence-electron chi connectivity index (χ4n) is 1.34. The predicted molar refractivity (Wildman–Crippen MR) is 75.4 cm³/mol. The number of rotatable bonds is 4. The molecule has 17 heavy (non-hydrogen) atoms. The van der Waals surface area contributed by atoms with Crippen molar-refractivity contribution in [1.82, 2.24) is 5.43 Å². The number of carbonyl (C=O) groups excluding carboxylic acids is 1. The van der Waals surface area contributed by atoms with Gasteiger partial charge in [0.05, 0.1) is 5.25 Å². The summed E-state index contributed by atoms with van der Waals surface area (Å²) in [6, 6.07) is 5.61. The molecule has 94 valence electrons. The molecule has 1 atom stereocenters. The molecule has 4 nitrogen and oxygen atoms in total.